The summed E-state index contributed by atoms with van der Waals surface area (Å²) in [6.07, 6.45) is 3.29. The fraction of sp³-hybridized carbons (Fsp3) is 0.0769. The minimum Gasteiger partial charge on any atom is -0.424 e. The summed E-state index contributed by atoms with van der Waals surface area (Å²) in [6, 6.07) is 8.70. The molecule has 0 fully saturated rings. The van der Waals surface area contributed by atoms with Crippen molar-refractivity contribution in [3.63, 3.8) is 0 Å². The molecule has 21 heavy (non-hydrogen) atoms. The molecule has 7 nitrogen and oxygen atoms in total. The van der Waals surface area contributed by atoms with E-state index in [0.717, 1.165) is 5.56 Å². The third-order valence-electron chi connectivity index (χ3n) is 2.60. The monoisotopic (exact) mass is 303 g/mol. The first-order valence-electron chi connectivity index (χ1n) is 6.04. The summed E-state index contributed by atoms with van der Waals surface area (Å²) in [5.41, 5.74) is 0.785. The van der Waals surface area contributed by atoms with Crippen molar-refractivity contribution in [2.75, 3.05) is 0 Å². The molecule has 0 aliphatic heterocycles. The minimum absolute atomic E-state index is 0.0116. The molecule has 3 rings (SSSR count). The number of benzene rings is 1. The molecule has 3 aromatic rings. The lowest BCUT2D eigenvalue weighted by molar-refractivity contribution is 0.281. The van der Waals surface area contributed by atoms with Crippen LogP contribution in [0.3, 0.4) is 0 Å². The summed E-state index contributed by atoms with van der Waals surface area (Å²) in [6.45, 7) is -0.0265. The highest BCUT2D eigenvalue weighted by Gasteiger charge is 2.09. The second-order valence-electron chi connectivity index (χ2n) is 4.04. The van der Waals surface area contributed by atoms with Gasteiger partial charge in [0.05, 0.1) is 6.61 Å². The SMILES string of the molecule is OCc1ccc(Oc2nc(Cl)nc(-n3cccn3)n2)cc1. The maximum atomic E-state index is 9.00. The van der Waals surface area contributed by atoms with Crippen LogP contribution in [-0.4, -0.2) is 29.8 Å². The molecule has 0 spiro atoms. The number of aliphatic hydroxyl groups excluding tert-OH is 1. The van der Waals surface area contributed by atoms with Crippen LogP contribution in [0.4, 0.5) is 0 Å². The lowest BCUT2D eigenvalue weighted by Gasteiger charge is -2.06. The Kier molecular flexibility index (Phi) is 3.76. The van der Waals surface area contributed by atoms with E-state index < -0.39 is 0 Å². The molecule has 106 valence electrons. The number of aliphatic hydroxyl groups is 1. The zero-order chi connectivity index (χ0) is 14.7. The molecule has 2 aromatic heterocycles. The molecule has 8 heteroatoms. The predicted octanol–water partition coefficient (Wildman–Crippen LogP) is 2.00. The topological polar surface area (TPSA) is 86.0 Å². The van der Waals surface area contributed by atoms with Crippen molar-refractivity contribution in [2.45, 2.75) is 6.61 Å². The van der Waals surface area contributed by atoms with E-state index in [1.807, 2.05) is 0 Å². The number of ether oxygens (including phenoxy) is 1. The van der Waals surface area contributed by atoms with Gasteiger partial charge in [-0.1, -0.05) is 12.1 Å². The quantitative estimate of drug-likeness (QED) is 0.793. The van der Waals surface area contributed by atoms with Gasteiger partial charge in [0, 0.05) is 12.4 Å². The van der Waals surface area contributed by atoms with Gasteiger partial charge in [-0.05, 0) is 35.4 Å². The first-order chi connectivity index (χ1) is 10.2. The molecule has 0 unspecified atom stereocenters. The lowest BCUT2D eigenvalue weighted by atomic mass is 10.2. The van der Waals surface area contributed by atoms with E-state index in [0.29, 0.717) is 5.75 Å². The average Bonchev–Trinajstić information content (AvgIpc) is 3.02. The van der Waals surface area contributed by atoms with Crippen molar-refractivity contribution in [3.05, 3.63) is 53.6 Å². The number of hydrogen-bond acceptors (Lipinski definition) is 6. The second kappa shape index (κ2) is 5.86. The zero-order valence-corrected chi connectivity index (χ0v) is 11.5. The van der Waals surface area contributed by atoms with Gasteiger partial charge in [-0.15, -0.1) is 0 Å². The van der Waals surface area contributed by atoms with E-state index in [-0.39, 0.29) is 23.8 Å². The van der Waals surface area contributed by atoms with E-state index in [1.165, 1.54) is 4.68 Å². The Morgan fingerprint density at radius 2 is 1.95 bits per heavy atom. The molecular weight excluding hydrogens is 294 g/mol. The van der Waals surface area contributed by atoms with Gasteiger partial charge in [-0.3, -0.25) is 0 Å². The van der Waals surface area contributed by atoms with Crippen LogP contribution in [-0.2, 0) is 6.61 Å². The van der Waals surface area contributed by atoms with Gasteiger partial charge in [0.1, 0.15) is 5.75 Å². The largest absolute Gasteiger partial charge is 0.424 e. The van der Waals surface area contributed by atoms with Crippen LogP contribution in [0.2, 0.25) is 5.28 Å². The van der Waals surface area contributed by atoms with Crippen LogP contribution < -0.4 is 4.74 Å². The summed E-state index contributed by atoms with van der Waals surface area (Å²) in [4.78, 5) is 12.0. The first-order valence-corrected chi connectivity index (χ1v) is 6.41. The molecule has 0 aliphatic rings. The van der Waals surface area contributed by atoms with E-state index in [4.69, 9.17) is 21.4 Å². The molecule has 2 heterocycles. The van der Waals surface area contributed by atoms with Crippen LogP contribution in [0.1, 0.15) is 5.56 Å². The molecule has 0 bridgehead atoms. The van der Waals surface area contributed by atoms with Crippen LogP contribution in [0, 0.1) is 0 Å². The standard InChI is InChI=1S/C13H10ClN5O2/c14-11-16-12(19-7-1-6-15-19)18-13(17-11)21-10-4-2-9(8-20)3-5-10/h1-7,20H,8H2. The van der Waals surface area contributed by atoms with Gasteiger partial charge in [0.2, 0.25) is 5.28 Å². The average molecular weight is 304 g/mol. The van der Waals surface area contributed by atoms with Gasteiger partial charge < -0.3 is 9.84 Å². The summed E-state index contributed by atoms with van der Waals surface area (Å²) >= 11 is 5.86. The van der Waals surface area contributed by atoms with Crippen molar-refractivity contribution in [1.82, 2.24) is 24.7 Å². The molecule has 0 saturated heterocycles. The van der Waals surface area contributed by atoms with Gasteiger partial charge >= 0.3 is 6.01 Å². The highest BCUT2D eigenvalue weighted by molar-refractivity contribution is 6.28. The van der Waals surface area contributed by atoms with Crippen molar-refractivity contribution in [2.24, 2.45) is 0 Å². The molecule has 1 N–H and O–H groups in total. The van der Waals surface area contributed by atoms with Crippen LogP contribution >= 0.6 is 11.6 Å². The zero-order valence-electron chi connectivity index (χ0n) is 10.7. The van der Waals surface area contributed by atoms with Gasteiger partial charge in [0.25, 0.3) is 5.95 Å². The fourth-order valence-corrected chi connectivity index (χ4v) is 1.77. The number of hydrogen-bond donors (Lipinski definition) is 1. The van der Waals surface area contributed by atoms with Crippen LogP contribution in [0.5, 0.6) is 11.8 Å². The van der Waals surface area contributed by atoms with Gasteiger partial charge in [-0.25, -0.2) is 4.68 Å². The number of nitrogens with zero attached hydrogens (tertiary/aromatic N) is 5. The van der Waals surface area contributed by atoms with Crippen LogP contribution in [0.15, 0.2) is 42.7 Å². The Balaban J connectivity index is 1.88. The Bertz CT molecular complexity index is 731. The number of aromatic nitrogens is 5. The van der Waals surface area contributed by atoms with E-state index in [2.05, 4.69) is 20.1 Å². The minimum atomic E-state index is -0.0265. The first kappa shape index (κ1) is 13.5. The van der Waals surface area contributed by atoms with E-state index in [9.17, 15) is 0 Å². The molecule has 0 amide bonds. The summed E-state index contributed by atoms with van der Waals surface area (Å²) in [7, 11) is 0. The summed E-state index contributed by atoms with van der Waals surface area (Å²) in [5, 5.41) is 13.0. The van der Waals surface area contributed by atoms with Crippen LogP contribution in [0.25, 0.3) is 5.95 Å². The van der Waals surface area contributed by atoms with Gasteiger partial charge in [-0.2, -0.15) is 20.1 Å². The Morgan fingerprint density at radius 3 is 2.62 bits per heavy atom. The maximum Gasteiger partial charge on any atom is 0.328 e. The van der Waals surface area contributed by atoms with Gasteiger partial charge in [0.15, 0.2) is 0 Å². The smallest absolute Gasteiger partial charge is 0.328 e. The number of halogens is 1. The molecule has 0 saturated carbocycles. The summed E-state index contributed by atoms with van der Waals surface area (Å²) < 4.78 is 6.98. The molecular formula is C13H10ClN5O2. The third kappa shape index (κ3) is 3.15. The Labute approximate surface area is 124 Å². The highest BCUT2D eigenvalue weighted by atomic mass is 35.5. The van der Waals surface area contributed by atoms with Crippen molar-refractivity contribution < 1.29 is 9.84 Å². The van der Waals surface area contributed by atoms with E-state index in [1.54, 1.807) is 42.7 Å². The Hall–Kier alpha value is -2.51. The number of rotatable bonds is 4. The second-order valence-corrected chi connectivity index (χ2v) is 4.38. The maximum absolute atomic E-state index is 9.00. The lowest BCUT2D eigenvalue weighted by Crippen LogP contribution is -2.05. The fourth-order valence-electron chi connectivity index (χ4n) is 1.63. The Morgan fingerprint density at radius 1 is 1.14 bits per heavy atom. The molecule has 0 aliphatic carbocycles. The molecule has 0 atom stereocenters. The van der Waals surface area contributed by atoms with E-state index >= 15 is 0 Å². The molecule has 1 aromatic carbocycles. The third-order valence-corrected chi connectivity index (χ3v) is 2.77. The highest BCUT2D eigenvalue weighted by Crippen LogP contribution is 2.20. The van der Waals surface area contributed by atoms with Crippen molar-refractivity contribution in [3.8, 4) is 17.7 Å². The summed E-state index contributed by atoms with van der Waals surface area (Å²) in [5.74, 6) is 0.794. The molecule has 0 radical (unpaired) electrons. The normalized spacial score (nSPS) is 10.6. The van der Waals surface area contributed by atoms with Crippen molar-refractivity contribution >= 4 is 11.6 Å². The predicted molar refractivity (Wildman–Crippen MR) is 74.4 cm³/mol. The van der Waals surface area contributed by atoms with Crippen molar-refractivity contribution in [1.29, 1.82) is 0 Å².